The molecule has 0 atom stereocenters. The van der Waals surface area contributed by atoms with Crippen LogP contribution in [0.25, 0.3) is 17.3 Å². The average molecular weight is 393 g/mol. The smallest absolute Gasteiger partial charge is 0.215 e. The molecule has 27 heavy (non-hydrogen) atoms. The molecule has 0 saturated carbocycles. The molecule has 134 valence electrons. The quantitative estimate of drug-likeness (QED) is 0.685. The summed E-state index contributed by atoms with van der Waals surface area (Å²) in [5, 5.41) is 22.0. The number of aromatic carboxylic acids is 1. The normalized spacial score (nSPS) is 13.9. The first kappa shape index (κ1) is 17.4. The third-order valence-corrected chi connectivity index (χ3v) is 5.65. The van der Waals surface area contributed by atoms with E-state index in [1.54, 1.807) is 12.3 Å². The second-order valence-electron chi connectivity index (χ2n) is 6.05. The van der Waals surface area contributed by atoms with Gasteiger partial charge in [-0.3, -0.25) is 9.56 Å². The first-order chi connectivity index (χ1) is 13.0. The van der Waals surface area contributed by atoms with Crippen molar-refractivity contribution in [1.29, 1.82) is 0 Å². The monoisotopic (exact) mass is 393 g/mol. The van der Waals surface area contributed by atoms with Crippen LogP contribution in [0.3, 0.4) is 0 Å². The van der Waals surface area contributed by atoms with Crippen molar-refractivity contribution >= 4 is 53.1 Å². The van der Waals surface area contributed by atoms with Crippen molar-refractivity contribution in [1.82, 2.24) is 4.57 Å². The minimum absolute atomic E-state index is 0.0276. The van der Waals surface area contributed by atoms with E-state index in [-0.39, 0.29) is 11.4 Å². The van der Waals surface area contributed by atoms with Gasteiger partial charge in [0.1, 0.15) is 0 Å². The molecule has 3 aromatic rings. The number of hydrogen-bond donors (Lipinski definition) is 1. The standard InChI is InChI=1S/C20H14N2O3S2/c1-11-6-7-12(19(24)25)8-16(11)22-18(23)17(27-20(22)26)9-13-10-21-15-5-3-2-4-14(13)15/h2-10,23H,1H3,(H,24,25)/p-1/b13-9+. The number of aryl methyl sites for hydroxylation is 1. The summed E-state index contributed by atoms with van der Waals surface area (Å²) in [6.45, 7) is 1.82. The third kappa shape index (κ3) is 3.01. The Bertz CT molecular complexity index is 1200. The van der Waals surface area contributed by atoms with Crippen LogP contribution in [-0.4, -0.2) is 21.9 Å². The zero-order chi connectivity index (χ0) is 19.1. The van der Waals surface area contributed by atoms with Crippen molar-refractivity contribution in [2.24, 2.45) is 4.99 Å². The van der Waals surface area contributed by atoms with Crippen LogP contribution in [0.1, 0.15) is 26.4 Å². The van der Waals surface area contributed by atoms with Gasteiger partial charge in [0.2, 0.25) is 5.88 Å². The van der Waals surface area contributed by atoms with Crippen LogP contribution in [0.4, 0.5) is 5.69 Å². The van der Waals surface area contributed by atoms with E-state index in [1.165, 1.54) is 28.0 Å². The summed E-state index contributed by atoms with van der Waals surface area (Å²) in [5.41, 5.74) is 4.07. The van der Waals surface area contributed by atoms with Crippen molar-refractivity contribution < 1.29 is 15.0 Å². The number of thiazole rings is 1. The van der Waals surface area contributed by atoms with Gasteiger partial charge < -0.3 is 15.0 Å². The molecule has 0 amide bonds. The molecular formula is C20H13N2O3S2-. The van der Waals surface area contributed by atoms with Crippen LogP contribution in [0.2, 0.25) is 0 Å². The number of carbonyl (C=O) groups excluding carboxylic acids is 1. The fraction of sp³-hybridized carbons (Fsp3) is 0.0500. The number of hydrogen-bond acceptors (Lipinski definition) is 6. The van der Waals surface area contributed by atoms with Gasteiger partial charge in [-0.1, -0.05) is 30.3 Å². The molecule has 0 spiro atoms. The van der Waals surface area contributed by atoms with Gasteiger partial charge in [-0.15, -0.1) is 11.3 Å². The van der Waals surface area contributed by atoms with Crippen molar-refractivity contribution in [2.45, 2.75) is 6.92 Å². The molecule has 1 aromatic heterocycles. The zero-order valence-corrected chi connectivity index (χ0v) is 15.8. The van der Waals surface area contributed by atoms with Crippen LogP contribution in [0.15, 0.2) is 47.5 Å². The fourth-order valence-corrected chi connectivity index (χ4v) is 4.25. The Morgan fingerprint density at radius 3 is 2.85 bits per heavy atom. The summed E-state index contributed by atoms with van der Waals surface area (Å²) < 4.78 is 1.90. The SMILES string of the molecule is Cc1ccc(C(=O)[O-])cc1-n1c(O)c(/C=C2\C=Nc3ccccc32)sc1=S. The highest BCUT2D eigenvalue weighted by Gasteiger charge is 2.17. The van der Waals surface area contributed by atoms with Gasteiger partial charge in [0, 0.05) is 17.4 Å². The lowest BCUT2D eigenvalue weighted by Crippen LogP contribution is -2.22. The summed E-state index contributed by atoms with van der Waals surface area (Å²) >= 11 is 6.67. The number of carbonyl (C=O) groups is 1. The number of para-hydroxylation sites is 1. The molecule has 4 rings (SSSR count). The largest absolute Gasteiger partial charge is 0.545 e. The number of aliphatic imine (C=N–C) groups is 1. The maximum atomic E-state index is 11.2. The minimum Gasteiger partial charge on any atom is -0.545 e. The summed E-state index contributed by atoms with van der Waals surface area (Å²) in [5.74, 6) is -1.31. The van der Waals surface area contributed by atoms with E-state index in [4.69, 9.17) is 12.2 Å². The van der Waals surface area contributed by atoms with E-state index in [1.807, 2.05) is 37.3 Å². The first-order valence-corrected chi connectivity index (χ1v) is 9.30. The number of benzene rings is 2. The van der Waals surface area contributed by atoms with Gasteiger partial charge in [0.25, 0.3) is 0 Å². The lowest BCUT2D eigenvalue weighted by molar-refractivity contribution is -0.255. The molecule has 2 aromatic carbocycles. The maximum Gasteiger partial charge on any atom is 0.215 e. The van der Waals surface area contributed by atoms with E-state index in [0.717, 1.165) is 22.4 Å². The van der Waals surface area contributed by atoms with E-state index < -0.39 is 5.97 Å². The van der Waals surface area contributed by atoms with Crippen LogP contribution in [0.5, 0.6) is 5.88 Å². The number of carboxylic acids is 1. The first-order valence-electron chi connectivity index (χ1n) is 8.08. The lowest BCUT2D eigenvalue weighted by Gasteiger charge is -2.11. The number of aromatic hydroxyl groups is 1. The van der Waals surface area contributed by atoms with Gasteiger partial charge in [0.15, 0.2) is 3.95 Å². The number of nitrogens with zero attached hydrogens (tertiary/aromatic N) is 2. The van der Waals surface area contributed by atoms with Crippen molar-refractivity contribution in [3.63, 3.8) is 0 Å². The Hall–Kier alpha value is -3.03. The molecule has 1 N–H and O–H groups in total. The predicted molar refractivity (Wildman–Crippen MR) is 108 cm³/mol. The number of aromatic nitrogens is 1. The van der Waals surface area contributed by atoms with E-state index in [0.29, 0.717) is 14.5 Å². The van der Waals surface area contributed by atoms with E-state index in [2.05, 4.69) is 4.99 Å². The Kier molecular flexibility index (Phi) is 4.25. The Morgan fingerprint density at radius 2 is 2.07 bits per heavy atom. The third-order valence-electron chi connectivity index (χ3n) is 4.34. The molecule has 0 aliphatic carbocycles. The maximum absolute atomic E-state index is 11.2. The van der Waals surface area contributed by atoms with Crippen molar-refractivity contribution in [3.8, 4) is 11.6 Å². The summed E-state index contributed by atoms with van der Waals surface area (Å²) in [6.07, 6.45) is 3.58. The molecule has 0 saturated heterocycles. The molecule has 5 nitrogen and oxygen atoms in total. The topological polar surface area (TPSA) is 77.6 Å². The van der Waals surface area contributed by atoms with E-state index >= 15 is 0 Å². The molecule has 2 heterocycles. The van der Waals surface area contributed by atoms with Crippen LogP contribution in [-0.2, 0) is 0 Å². The fourth-order valence-electron chi connectivity index (χ4n) is 2.96. The highest BCUT2D eigenvalue weighted by atomic mass is 32.1. The van der Waals surface area contributed by atoms with Gasteiger partial charge in [0.05, 0.1) is 22.2 Å². The molecule has 7 heteroatoms. The zero-order valence-electron chi connectivity index (χ0n) is 14.2. The van der Waals surface area contributed by atoms with Gasteiger partial charge in [-0.05, 0) is 48.5 Å². The van der Waals surface area contributed by atoms with Gasteiger partial charge >= 0.3 is 0 Å². The number of allylic oxidation sites excluding steroid dienone is 1. The highest BCUT2D eigenvalue weighted by molar-refractivity contribution is 7.73. The van der Waals surface area contributed by atoms with Crippen molar-refractivity contribution in [3.05, 3.63) is 68.0 Å². The number of rotatable bonds is 3. The lowest BCUT2D eigenvalue weighted by atomic mass is 10.1. The molecule has 0 bridgehead atoms. The van der Waals surface area contributed by atoms with Gasteiger partial charge in [-0.25, -0.2) is 0 Å². The molecule has 0 radical (unpaired) electrons. The van der Waals surface area contributed by atoms with Crippen molar-refractivity contribution in [2.75, 3.05) is 0 Å². The minimum atomic E-state index is -1.28. The highest BCUT2D eigenvalue weighted by Crippen LogP contribution is 2.37. The summed E-state index contributed by atoms with van der Waals surface area (Å²) in [6, 6.07) is 12.3. The molecule has 0 unspecified atom stereocenters. The summed E-state index contributed by atoms with van der Waals surface area (Å²) in [4.78, 5) is 16.1. The predicted octanol–water partition coefficient (Wildman–Crippen LogP) is 3.90. The van der Waals surface area contributed by atoms with Crippen LogP contribution >= 0.6 is 23.6 Å². The summed E-state index contributed by atoms with van der Waals surface area (Å²) in [7, 11) is 0. The molecule has 1 aliphatic rings. The molecule has 1 aliphatic heterocycles. The Morgan fingerprint density at radius 1 is 1.30 bits per heavy atom. The Labute approximate surface area is 164 Å². The second kappa shape index (κ2) is 6.61. The van der Waals surface area contributed by atoms with E-state index in [9.17, 15) is 15.0 Å². The van der Waals surface area contributed by atoms with Crippen LogP contribution in [0, 0.1) is 10.9 Å². The molecule has 0 fully saturated rings. The molecular weight excluding hydrogens is 380 g/mol. The number of carboxylic acid groups (broad SMARTS) is 1. The average Bonchev–Trinajstić information content (AvgIpc) is 3.17. The van der Waals surface area contributed by atoms with Crippen LogP contribution < -0.4 is 5.11 Å². The Balaban J connectivity index is 1.84. The number of fused-ring (bicyclic) bond motifs is 1. The second-order valence-corrected chi connectivity index (χ2v) is 7.73. The van der Waals surface area contributed by atoms with Gasteiger partial charge in [-0.2, -0.15) is 0 Å².